The number of nitrogens with zero attached hydrogens (tertiary/aromatic N) is 1. The van der Waals surface area contributed by atoms with Gasteiger partial charge in [-0.2, -0.15) is 0 Å². The number of furan rings is 1. The molecule has 6 aromatic rings. The second kappa shape index (κ2) is 9.14. The molecule has 5 aromatic carbocycles. The van der Waals surface area contributed by atoms with Crippen LogP contribution in [0.4, 0.5) is 17.1 Å². The fraction of sp³-hybridized carbons (Fsp3) is 0.118. The second-order valence-electron chi connectivity index (χ2n) is 10.5. The molecule has 0 N–H and O–H groups in total. The molecule has 1 heterocycles. The minimum absolute atomic E-state index is 0.0885. The van der Waals surface area contributed by atoms with Crippen molar-refractivity contribution in [2.24, 2.45) is 0 Å². The van der Waals surface area contributed by atoms with E-state index in [1.54, 1.807) is 0 Å². The predicted molar refractivity (Wildman–Crippen MR) is 158 cm³/mol. The van der Waals surface area contributed by atoms with Crippen LogP contribution in [0.5, 0.6) is 0 Å². The zero-order valence-corrected chi connectivity index (χ0v) is 22.0. The minimum atomic E-state index is 0.0885. The van der Waals surface area contributed by atoms with E-state index in [1.807, 2.05) is 24.3 Å². The number of fused-ring (bicyclic) bond motifs is 3. The molecule has 0 aliphatic heterocycles. The van der Waals surface area contributed by atoms with E-state index < -0.39 is 0 Å². The van der Waals surface area contributed by atoms with Crippen molar-refractivity contribution in [3.8, 4) is 11.1 Å². The molecule has 182 valence electrons. The van der Waals surface area contributed by atoms with Gasteiger partial charge in [0.1, 0.15) is 11.2 Å². The highest BCUT2D eigenvalue weighted by atomic mass is 35.5. The first-order valence-electron chi connectivity index (χ1n) is 12.5. The molecule has 3 heteroatoms. The van der Waals surface area contributed by atoms with Gasteiger partial charge < -0.3 is 9.32 Å². The summed E-state index contributed by atoms with van der Waals surface area (Å²) in [6.45, 7) is 6.69. The van der Waals surface area contributed by atoms with Gasteiger partial charge in [0, 0.05) is 38.9 Å². The van der Waals surface area contributed by atoms with Gasteiger partial charge in [0.2, 0.25) is 0 Å². The minimum Gasteiger partial charge on any atom is -0.456 e. The monoisotopic (exact) mass is 501 g/mol. The number of halogens is 1. The van der Waals surface area contributed by atoms with Crippen molar-refractivity contribution in [1.82, 2.24) is 0 Å². The van der Waals surface area contributed by atoms with Gasteiger partial charge in [0.15, 0.2) is 0 Å². The highest BCUT2D eigenvalue weighted by Gasteiger charge is 2.18. The van der Waals surface area contributed by atoms with Crippen molar-refractivity contribution >= 4 is 50.6 Å². The maximum atomic E-state index is 6.42. The van der Waals surface area contributed by atoms with Crippen LogP contribution in [-0.4, -0.2) is 0 Å². The molecule has 6 rings (SSSR count). The van der Waals surface area contributed by atoms with Crippen molar-refractivity contribution in [2.75, 3.05) is 4.90 Å². The van der Waals surface area contributed by atoms with Gasteiger partial charge in [-0.3, -0.25) is 0 Å². The van der Waals surface area contributed by atoms with Gasteiger partial charge in [-0.25, -0.2) is 0 Å². The number of hydrogen-bond donors (Lipinski definition) is 0. The molecule has 0 saturated heterocycles. The molecule has 0 atom stereocenters. The molecule has 0 aliphatic carbocycles. The fourth-order valence-electron chi connectivity index (χ4n) is 4.89. The highest BCUT2D eigenvalue weighted by molar-refractivity contribution is 6.30. The largest absolute Gasteiger partial charge is 0.456 e. The lowest BCUT2D eigenvalue weighted by Gasteiger charge is -2.27. The van der Waals surface area contributed by atoms with E-state index in [9.17, 15) is 0 Å². The number of anilines is 3. The van der Waals surface area contributed by atoms with E-state index in [0.717, 1.165) is 39.0 Å². The van der Waals surface area contributed by atoms with Crippen molar-refractivity contribution in [3.63, 3.8) is 0 Å². The third-order valence-electron chi connectivity index (χ3n) is 6.88. The summed E-state index contributed by atoms with van der Waals surface area (Å²) in [5, 5.41) is 2.92. The van der Waals surface area contributed by atoms with E-state index in [1.165, 1.54) is 16.7 Å². The van der Waals surface area contributed by atoms with E-state index in [2.05, 4.69) is 117 Å². The van der Waals surface area contributed by atoms with Crippen molar-refractivity contribution in [2.45, 2.75) is 26.2 Å². The summed E-state index contributed by atoms with van der Waals surface area (Å²) in [6, 6.07) is 40.0. The summed E-state index contributed by atoms with van der Waals surface area (Å²) >= 11 is 6.42. The number of benzene rings is 5. The number of hydrogen-bond acceptors (Lipinski definition) is 2. The topological polar surface area (TPSA) is 16.4 Å². The van der Waals surface area contributed by atoms with Gasteiger partial charge >= 0.3 is 0 Å². The molecule has 0 unspecified atom stereocenters. The van der Waals surface area contributed by atoms with Gasteiger partial charge in [0.25, 0.3) is 0 Å². The lowest BCUT2D eigenvalue weighted by Crippen LogP contribution is -2.13. The highest BCUT2D eigenvalue weighted by Crippen LogP contribution is 2.40. The normalized spacial score (nSPS) is 11.8. The predicted octanol–water partition coefficient (Wildman–Crippen LogP) is 10.7. The smallest absolute Gasteiger partial charge is 0.137 e. The summed E-state index contributed by atoms with van der Waals surface area (Å²) in [5.74, 6) is 0. The molecule has 2 nitrogen and oxygen atoms in total. The zero-order valence-electron chi connectivity index (χ0n) is 21.2. The first kappa shape index (κ1) is 23.4. The van der Waals surface area contributed by atoms with Crippen LogP contribution in [-0.2, 0) is 5.41 Å². The Morgan fingerprint density at radius 1 is 0.568 bits per heavy atom. The van der Waals surface area contributed by atoms with Crippen LogP contribution >= 0.6 is 11.6 Å². The van der Waals surface area contributed by atoms with Crippen LogP contribution < -0.4 is 4.90 Å². The van der Waals surface area contributed by atoms with Crippen LogP contribution in [0.2, 0.25) is 5.02 Å². The lowest BCUT2D eigenvalue weighted by atomic mass is 9.87. The maximum Gasteiger partial charge on any atom is 0.137 e. The summed E-state index contributed by atoms with van der Waals surface area (Å²) in [7, 11) is 0. The first-order chi connectivity index (χ1) is 17.9. The van der Waals surface area contributed by atoms with Gasteiger partial charge in [-0.15, -0.1) is 0 Å². The van der Waals surface area contributed by atoms with Crippen LogP contribution in [0.1, 0.15) is 26.3 Å². The summed E-state index contributed by atoms with van der Waals surface area (Å²) < 4.78 is 6.34. The average Bonchev–Trinajstić information content (AvgIpc) is 3.26. The molecular formula is C34H28ClNO. The Kier molecular flexibility index (Phi) is 5.78. The first-order valence-corrected chi connectivity index (χ1v) is 12.9. The SMILES string of the molecule is CC(C)(C)c1ccc(N(c2cccc(Cl)c2)c2ccc3c(c2)oc2ccc(-c4ccccc4)cc23)cc1. The molecule has 0 amide bonds. The van der Waals surface area contributed by atoms with Crippen LogP contribution in [0.15, 0.2) is 120 Å². The van der Waals surface area contributed by atoms with Gasteiger partial charge in [-0.05, 0) is 76.7 Å². The molecular weight excluding hydrogens is 474 g/mol. The van der Waals surface area contributed by atoms with Gasteiger partial charge in [-0.1, -0.05) is 87.0 Å². The summed E-state index contributed by atoms with van der Waals surface area (Å²) in [4.78, 5) is 2.22. The molecule has 1 aromatic heterocycles. The maximum absolute atomic E-state index is 6.42. The Balaban J connectivity index is 1.48. The Hall–Kier alpha value is -4.01. The third-order valence-corrected chi connectivity index (χ3v) is 7.11. The van der Waals surface area contributed by atoms with E-state index >= 15 is 0 Å². The van der Waals surface area contributed by atoms with Gasteiger partial charge in [0.05, 0.1) is 0 Å². The lowest BCUT2D eigenvalue weighted by molar-refractivity contribution is 0.590. The third kappa shape index (κ3) is 4.50. The van der Waals surface area contributed by atoms with E-state index in [0.29, 0.717) is 5.02 Å². The van der Waals surface area contributed by atoms with Crippen molar-refractivity contribution in [3.05, 3.63) is 126 Å². The van der Waals surface area contributed by atoms with E-state index in [-0.39, 0.29) is 5.41 Å². The quantitative estimate of drug-likeness (QED) is 0.239. The van der Waals surface area contributed by atoms with Crippen LogP contribution in [0, 0.1) is 0 Å². The van der Waals surface area contributed by atoms with Crippen molar-refractivity contribution in [1.29, 1.82) is 0 Å². The van der Waals surface area contributed by atoms with Crippen LogP contribution in [0.25, 0.3) is 33.1 Å². The molecule has 0 aliphatic rings. The Bertz CT molecular complexity index is 1710. The number of rotatable bonds is 4. The second-order valence-corrected chi connectivity index (χ2v) is 10.9. The fourth-order valence-corrected chi connectivity index (χ4v) is 5.07. The summed E-state index contributed by atoms with van der Waals surface area (Å²) in [5.41, 5.74) is 8.58. The summed E-state index contributed by atoms with van der Waals surface area (Å²) in [6.07, 6.45) is 0. The zero-order chi connectivity index (χ0) is 25.6. The molecule has 0 bridgehead atoms. The molecule has 37 heavy (non-hydrogen) atoms. The van der Waals surface area contributed by atoms with Crippen LogP contribution in [0.3, 0.4) is 0 Å². The molecule has 0 fully saturated rings. The average molecular weight is 502 g/mol. The molecule has 0 spiro atoms. The van der Waals surface area contributed by atoms with Crippen molar-refractivity contribution < 1.29 is 4.42 Å². The molecule has 0 radical (unpaired) electrons. The standard InChI is InChI=1S/C34H28ClNO/c1-34(2,3)25-13-15-27(16-14-25)36(28-11-7-10-26(35)21-28)29-17-18-30-31-20-24(23-8-5-4-6-9-23)12-19-32(31)37-33(30)22-29/h4-22H,1-3H3. The molecule has 0 saturated carbocycles. The Morgan fingerprint density at radius 3 is 2.03 bits per heavy atom. The van der Waals surface area contributed by atoms with E-state index in [4.69, 9.17) is 16.0 Å². The Morgan fingerprint density at radius 2 is 1.30 bits per heavy atom. The Labute approximate surface area is 222 Å².